The van der Waals surface area contributed by atoms with Crippen molar-refractivity contribution in [3.8, 4) is 0 Å². The largest absolute Gasteiger partial charge is 0.345 e. The number of aromatic nitrogens is 2. The van der Waals surface area contributed by atoms with E-state index in [1.165, 1.54) is 0 Å². The van der Waals surface area contributed by atoms with Gasteiger partial charge in [-0.2, -0.15) is 0 Å². The second kappa shape index (κ2) is 6.87. The molecule has 2 aromatic rings. The molecule has 2 heterocycles. The van der Waals surface area contributed by atoms with Gasteiger partial charge in [0.25, 0.3) is 5.91 Å². The van der Waals surface area contributed by atoms with Crippen LogP contribution in [0.25, 0.3) is 0 Å². The molecule has 2 aliphatic rings. The molecule has 140 valence electrons. The minimum absolute atomic E-state index is 0.0137. The average molecular weight is 363 g/mol. The fraction of sp³-hybridized carbons (Fsp3) is 0.455. The maximum atomic E-state index is 12.7. The zero-order valence-corrected chi connectivity index (χ0v) is 15.7. The van der Waals surface area contributed by atoms with Crippen molar-refractivity contribution < 1.29 is 9.59 Å². The van der Waals surface area contributed by atoms with Gasteiger partial charge in [-0.25, -0.2) is 4.98 Å². The molecule has 0 saturated heterocycles. The lowest BCUT2D eigenvalue weighted by Gasteiger charge is -2.39. The van der Waals surface area contributed by atoms with E-state index in [1.807, 2.05) is 31.2 Å². The van der Waals surface area contributed by atoms with Gasteiger partial charge < -0.3 is 5.32 Å². The highest BCUT2D eigenvalue weighted by molar-refractivity contribution is 5.95. The van der Waals surface area contributed by atoms with Gasteiger partial charge in [-0.3, -0.25) is 14.6 Å². The molecule has 4 rings (SSSR count). The number of hydrogen-bond acceptors (Lipinski definition) is 4. The topological polar surface area (TPSA) is 72.0 Å². The van der Waals surface area contributed by atoms with Crippen LogP contribution >= 0.6 is 0 Å². The van der Waals surface area contributed by atoms with Gasteiger partial charge in [0, 0.05) is 23.9 Å². The Hall–Kier alpha value is -2.56. The normalized spacial score (nSPS) is 26.6. The third-order valence-corrected chi connectivity index (χ3v) is 6.20. The molecule has 2 aliphatic carbocycles. The van der Waals surface area contributed by atoms with Crippen molar-refractivity contribution >= 4 is 11.7 Å². The molecule has 1 N–H and O–H groups in total. The van der Waals surface area contributed by atoms with Crippen LogP contribution in [0.3, 0.4) is 0 Å². The van der Waals surface area contributed by atoms with Crippen molar-refractivity contribution in [2.24, 2.45) is 5.41 Å². The molecular formula is C22H25N3O2. The summed E-state index contributed by atoms with van der Waals surface area (Å²) >= 11 is 0. The number of carbonyl (C=O) groups excluding carboxylic acids is 2. The van der Waals surface area contributed by atoms with Gasteiger partial charge in [-0.1, -0.05) is 18.6 Å². The van der Waals surface area contributed by atoms with E-state index < -0.39 is 0 Å². The lowest BCUT2D eigenvalue weighted by Crippen LogP contribution is -2.49. The van der Waals surface area contributed by atoms with Crippen molar-refractivity contribution in [3.63, 3.8) is 0 Å². The standard InChI is InChI=1S/C22H25N3O2/c1-16-6-4-8-18(24-16)20(27)25-22-10-5-9-21(15-22,11-12-22)14-19(26)17-7-2-3-13-23-17/h2-4,6-8,13H,5,9-12,14-15H2,1H3,(H,25,27). The average Bonchev–Trinajstić information content (AvgIpc) is 2.92. The van der Waals surface area contributed by atoms with Crippen molar-refractivity contribution in [3.05, 3.63) is 59.7 Å². The summed E-state index contributed by atoms with van der Waals surface area (Å²) in [5.74, 6) is 0.00688. The minimum Gasteiger partial charge on any atom is -0.345 e. The molecule has 2 aromatic heterocycles. The molecule has 5 heteroatoms. The third-order valence-electron chi connectivity index (χ3n) is 6.20. The predicted octanol–water partition coefficient (Wildman–Crippen LogP) is 3.88. The summed E-state index contributed by atoms with van der Waals surface area (Å²) in [5, 5.41) is 3.28. The van der Waals surface area contributed by atoms with Crippen LogP contribution in [0.1, 0.15) is 71.6 Å². The quantitative estimate of drug-likeness (QED) is 0.818. The second-order valence-corrected chi connectivity index (χ2v) is 8.24. The summed E-state index contributed by atoms with van der Waals surface area (Å²) in [7, 11) is 0. The van der Waals surface area contributed by atoms with Crippen LogP contribution in [-0.2, 0) is 0 Å². The summed E-state index contributed by atoms with van der Waals surface area (Å²) in [4.78, 5) is 34.0. The number of aryl methyl sites for hydroxylation is 1. The Morgan fingerprint density at radius 3 is 2.67 bits per heavy atom. The SMILES string of the molecule is Cc1cccc(C(=O)NC23CCCC(CC(=O)c4ccccn4)(CC2)C3)n1. The van der Waals surface area contributed by atoms with E-state index in [-0.39, 0.29) is 22.6 Å². The molecule has 2 bridgehead atoms. The van der Waals surface area contributed by atoms with Gasteiger partial charge >= 0.3 is 0 Å². The molecule has 0 aromatic carbocycles. The van der Waals surface area contributed by atoms with Crippen LogP contribution in [0.2, 0.25) is 0 Å². The lowest BCUT2D eigenvalue weighted by molar-refractivity contribution is 0.0798. The molecule has 5 nitrogen and oxygen atoms in total. The van der Waals surface area contributed by atoms with Crippen molar-refractivity contribution in [2.75, 3.05) is 0 Å². The van der Waals surface area contributed by atoms with E-state index in [2.05, 4.69) is 15.3 Å². The fourth-order valence-corrected chi connectivity index (χ4v) is 4.97. The van der Waals surface area contributed by atoms with Gasteiger partial charge in [0.15, 0.2) is 5.78 Å². The fourth-order valence-electron chi connectivity index (χ4n) is 4.97. The number of nitrogens with one attached hydrogen (secondary N) is 1. The Balaban J connectivity index is 1.48. The van der Waals surface area contributed by atoms with Crippen molar-refractivity contribution in [1.29, 1.82) is 0 Å². The van der Waals surface area contributed by atoms with E-state index in [4.69, 9.17) is 0 Å². The minimum atomic E-state index is -0.203. The number of pyridine rings is 2. The number of ketones is 1. The third kappa shape index (κ3) is 3.64. The van der Waals surface area contributed by atoms with E-state index in [1.54, 1.807) is 18.3 Å². The molecule has 27 heavy (non-hydrogen) atoms. The molecule has 0 spiro atoms. The molecular weight excluding hydrogens is 338 g/mol. The highest BCUT2D eigenvalue weighted by Gasteiger charge is 2.52. The summed E-state index contributed by atoms with van der Waals surface area (Å²) < 4.78 is 0. The summed E-state index contributed by atoms with van der Waals surface area (Å²) in [6.45, 7) is 1.89. The van der Waals surface area contributed by atoms with Gasteiger partial charge in [-0.05, 0) is 68.7 Å². The first-order chi connectivity index (χ1) is 13.0. The highest BCUT2D eigenvalue weighted by atomic mass is 16.2. The number of carbonyl (C=O) groups is 2. The maximum Gasteiger partial charge on any atom is 0.270 e. The number of fused-ring (bicyclic) bond motifs is 2. The van der Waals surface area contributed by atoms with Crippen LogP contribution in [-0.4, -0.2) is 27.2 Å². The molecule has 1 amide bonds. The van der Waals surface area contributed by atoms with Crippen molar-refractivity contribution in [1.82, 2.24) is 15.3 Å². The first-order valence-electron chi connectivity index (χ1n) is 9.70. The molecule has 2 unspecified atom stereocenters. The number of amides is 1. The number of rotatable bonds is 5. The monoisotopic (exact) mass is 363 g/mol. The zero-order valence-electron chi connectivity index (χ0n) is 15.7. The van der Waals surface area contributed by atoms with E-state index in [9.17, 15) is 9.59 Å². The first-order valence-corrected chi connectivity index (χ1v) is 9.70. The highest BCUT2D eigenvalue weighted by Crippen LogP contribution is 2.55. The number of nitrogens with zero attached hydrogens (tertiary/aromatic N) is 2. The van der Waals surface area contributed by atoms with Crippen molar-refractivity contribution in [2.45, 2.75) is 57.4 Å². The molecule has 2 atom stereocenters. The Morgan fingerprint density at radius 2 is 1.89 bits per heavy atom. The van der Waals surface area contributed by atoms with Gasteiger partial charge in [0.2, 0.25) is 0 Å². The Morgan fingerprint density at radius 1 is 1.04 bits per heavy atom. The lowest BCUT2D eigenvalue weighted by atomic mass is 9.70. The number of hydrogen-bond donors (Lipinski definition) is 1. The zero-order chi connectivity index (χ0) is 18.9. The van der Waals surface area contributed by atoms with Gasteiger partial charge in [-0.15, -0.1) is 0 Å². The molecule has 2 saturated carbocycles. The van der Waals surface area contributed by atoms with Crippen LogP contribution in [0.15, 0.2) is 42.6 Å². The van der Waals surface area contributed by atoms with Crippen LogP contribution in [0.5, 0.6) is 0 Å². The summed E-state index contributed by atoms with van der Waals surface area (Å²) in [5.41, 5.74) is 1.64. The second-order valence-electron chi connectivity index (χ2n) is 8.24. The van der Waals surface area contributed by atoms with E-state index >= 15 is 0 Å². The summed E-state index contributed by atoms with van der Waals surface area (Å²) in [6.07, 6.45) is 8.03. The number of Topliss-reactive ketones (excluding diaryl/α,β-unsaturated/α-hetero) is 1. The molecule has 2 fully saturated rings. The van der Waals surface area contributed by atoms with E-state index in [0.29, 0.717) is 17.8 Å². The van der Waals surface area contributed by atoms with E-state index in [0.717, 1.165) is 44.2 Å². The predicted molar refractivity (Wildman–Crippen MR) is 102 cm³/mol. The van der Waals surface area contributed by atoms with Gasteiger partial charge in [0.1, 0.15) is 11.4 Å². The van der Waals surface area contributed by atoms with Crippen LogP contribution in [0, 0.1) is 12.3 Å². The van der Waals surface area contributed by atoms with Crippen LogP contribution in [0.4, 0.5) is 0 Å². The molecule has 0 radical (unpaired) electrons. The Kier molecular flexibility index (Phi) is 4.54. The first kappa shape index (κ1) is 17.8. The maximum absolute atomic E-state index is 12.7. The Bertz CT molecular complexity index is 867. The molecule has 0 aliphatic heterocycles. The Labute approximate surface area is 159 Å². The van der Waals surface area contributed by atoms with Gasteiger partial charge in [0.05, 0.1) is 0 Å². The van der Waals surface area contributed by atoms with Crippen LogP contribution < -0.4 is 5.32 Å². The summed E-state index contributed by atoms with van der Waals surface area (Å²) in [6, 6.07) is 11.0. The smallest absolute Gasteiger partial charge is 0.270 e.